The zero-order chi connectivity index (χ0) is 13.3. The first kappa shape index (κ1) is 12.6. The van der Waals surface area contributed by atoms with Gasteiger partial charge in [-0.1, -0.05) is 0 Å². The molecule has 0 spiro atoms. The molecule has 3 nitrogen and oxygen atoms in total. The third-order valence-electron chi connectivity index (χ3n) is 3.81. The second kappa shape index (κ2) is 4.93. The van der Waals surface area contributed by atoms with Gasteiger partial charge in [-0.15, -0.1) is 0 Å². The third kappa shape index (κ3) is 2.50. The van der Waals surface area contributed by atoms with Gasteiger partial charge in [0.05, 0.1) is 0 Å². The Kier molecular flexibility index (Phi) is 3.27. The number of anilines is 2. The van der Waals surface area contributed by atoms with Crippen LogP contribution in [-0.4, -0.2) is 22.0 Å². The van der Waals surface area contributed by atoms with Crippen molar-refractivity contribution in [1.82, 2.24) is 4.98 Å². The Balaban J connectivity index is 1.87. The van der Waals surface area contributed by atoms with Gasteiger partial charge in [0.15, 0.2) is 0 Å². The number of nitrogen functional groups attached to an aromatic ring is 1. The fourth-order valence-electron chi connectivity index (χ4n) is 2.63. The van der Waals surface area contributed by atoms with Crippen LogP contribution in [0.5, 0.6) is 0 Å². The molecule has 1 aliphatic heterocycles. The van der Waals surface area contributed by atoms with E-state index in [1.807, 2.05) is 18.3 Å². The molecule has 0 amide bonds. The van der Waals surface area contributed by atoms with E-state index in [0.29, 0.717) is 4.75 Å². The van der Waals surface area contributed by atoms with E-state index in [-0.39, 0.29) is 0 Å². The zero-order valence-electron chi connectivity index (χ0n) is 11.1. The highest BCUT2D eigenvalue weighted by Crippen LogP contribution is 2.38. The Morgan fingerprint density at radius 3 is 3.05 bits per heavy atom. The Morgan fingerprint density at radius 2 is 2.26 bits per heavy atom. The molecule has 2 heterocycles. The van der Waals surface area contributed by atoms with Crippen molar-refractivity contribution in [1.29, 1.82) is 0 Å². The number of hydrogen-bond acceptors (Lipinski definition) is 4. The van der Waals surface area contributed by atoms with Gasteiger partial charge in [-0.2, -0.15) is 11.8 Å². The van der Waals surface area contributed by atoms with Crippen molar-refractivity contribution in [2.24, 2.45) is 0 Å². The van der Waals surface area contributed by atoms with Gasteiger partial charge in [-0.05, 0) is 43.7 Å². The maximum atomic E-state index is 6.01. The van der Waals surface area contributed by atoms with Gasteiger partial charge in [0.25, 0.3) is 0 Å². The highest BCUT2D eigenvalue weighted by atomic mass is 32.2. The molecule has 1 aromatic carbocycles. The number of nitrogens with zero attached hydrogens (tertiary/aromatic N) is 1. The average molecular weight is 273 g/mol. The fraction of sp³-hybridized carbons (Fsp3) is 0.400. The van der Waals surface area contributed by atoms with Crippen LogP contribution in [0.4, 0.5) is 11.4 Å². The molecule has 0 saturated carbocycles. The lowest BCUT2D eigenvalue weighted by Gasteiger charge is -2.24. The van der Waals surface area contributed by atoms with Crippen LogP contribution in [0.25, 0.3) is 10.8 Å². The molecule has 1 unspecified atom stereocenters. The van der Waals surface area contributed by atoms with E-state index in [4.69, 9.17) is 5.73 Å². The number of benzene rings is 1. The maximum absolute atomic E-state index is 6.01. The minimum atomic E-state index is 0.357. The predicted octanol–water partition coefficient (Wildman–Crippen LogP) is 3.51. The summed E-state index contributed by atoms with van der Waals surface area (Å²) < 4.78 is 0.357. The van der Waals surface area contributed by atoms with Gasteiger partial charge in [0.1, 0.15) is 0 Å². The van der Waals surface area contributed by atoms with Gasteiger partial charge in [-0.25, -0.2) is 0 Å². The van der Waals surface area contributed by atoms with Gasteiger partial charge < -0.3 is 11.1 Å². The minimum Gasteiger partial charge on any atom is -0.398 e. The van der Waals surface area contributed by atoms with Crippen molar-refractivity contribution in [3.63, 3.8) is 0 Å². The molecular formula is C15H19N3S. The summed E-state index contributed by atoms with van der Waals surface area (Å²) in [7, 11) is 0. The summed E-state index contributed by atoms with van der Waals surface area (Å²) in [5.74, 6) is 1.28. The van der Waals surface area contributed by atoms with Crippen molar-refractivity contribution in [2.75, 3.05) is 23.3 Å². The van der Waals surface area contributed by atoms with Crippen LogP contribution in [0.1, 0.15) is 19.8 Å². The van der Waals surface area contributed by atoms with Crippen LogP contribution < -0.4 is 11.1 Å². The Labute approximate surface area is 118 Å². The largest absolute Gasteiger partial charge is 0.398 e. The number of hydrogen-bond donors (Lipinski definition) is 2. The number of nitrogens with two attached hydrogens (primary N) is 1. The van der Waals surface area contributed by atoms with E-state index >= 15 is 0 Å². The first-order valence-electron chi connectivity index (χ1n) is 6.68. The molecule has 1 atom stereocenters. The minimum absolute atomic E-state index is 0.357. The Hall–Kier alpha value is -1.42. The first-order chi connectivity index (χ1) is 9.18. The molecule has 100 valence electrons. The number of rotatable bonds is 3. The lowest BCUT2D eigenvalue weighted by atomic mass is 10.0. The quantitative estimate of drug-likeness (QED) is 0.840. The van der Waals surface area contributed by atoms with Gasteiger partial charge in [0, 0.05) is 45.8 Å². The van der Waals surface area contributed by atoms with E-state index in [2.05, 4.69) is 35.1 Å². The predicted molar refractivity (Wildman–Crippen MR) is 84.7 cm³/mol. The van der Waals surface area contributed by atoms with E-state index in [1.54, 1.807) is 6.20 Å². The van der Waals surface area contributed by atoms with Gasteiger partial charge >= 0.3 is 0 Å². The first-order valence-corrected chi connectivity index (χ1v) is 7.67. The summed E-state index contributed by atoms with van der Waals surface area (Å²) in [5, 5.41) is 5.76. The smallest absolute Gasteiger partial charge is 0.0437 e. The molecule has 1 fully saturated rings. The molecule has 1 saturated heterocycles. The SMILES string of the molecule is CC1(CNc2ccc(N)c3ccncc23)CCCS1. The number of pyridine rings is 1. The zero-order valence-corrected chi connectivity index (χ0v) is 12.0. The van der Waals surface area contributed by atoms with Crippen LogP contribution in [0, 0.1) is 0 Å². The van der Waals surface area contributed by atoms with Crippen molar-refractivity contribution in [3.8, 4) is 0 Å². The molecule has 4 heteroatoms. The molecule has 1 aliphatic rings. The van der Waals surface area contributed by atoms with E-state index in [9.17, 15) is 0 Å². The van der Waals surface area contributed by atoms with Crippen LogP contribution >= 0.6 is 11.8 Å². The third-order valence-corrected chi connectivity index (χ3v) is 5.34. The Morgan fingerprint density at radius 1 is 1.37 bits per heavy atom. The molecular weight excluding hydrogens is 254 g/mol. The van der Waals surface area contributed by atoms with Crippen LogP contribution in [0.2, 0.25) is 0 Å². The molecule has 2 aromatic rings. The highest BCUT2D eigenvalue weighted by molar-refractivity contribution is 8.00. The van der Waals surface area contributed by atoms with E-state index in [1.165, 1.54) is 18.6 Å². The summed E-state index contributed by atoms with van der Waals surface area (Å²) in [5.41, 5.74) is 7.95. The second-order valence-corrected chi connectivity index (χ2v) is 7.06. The van der Waals surface area contributed by atoms with Crippen molar-refractivity contribution in [3.05, 3.63) is 30.6 Å². The molecule has 0 radical (unpaired) electrons. The summed E-state index contributed by atoms with van der Waals surface area (Å²) in [6, 6.07) is 6.00. The number of nitrogens with one attached hydrogen (secondary N) is 1. The monoisotopic (exact) mass is 273 g/mol. The molecule has 0 bridgehead atoms. The van der Waals surface area contributed by atoms with Crippen molar-refractivity contribution >= 4 is 33.9 Å². The standard InChI is InChI=1S/C15H19N3S/c1-15(6-2-8-19-15)10-18-14-4-3-13(16)11-5-7-17-9-12(11)14/h3-5,7,9,18H,2,6,8,10,16H2,1H3. The van der Waals surface area contributed by atoms with Gasteiger partial charge in [-0.3, -0.25) is 4.98 Å². The fourth-order valence-corrected chi connectivity index (χ4v) is 3.87. The average Bonchev–Trinajstić information content (AvgIpc) is 2.86. The van der Waals surface area contributed by atoms with Gasteiger partial charge in [0.2, 0.25) is 0 Å². The molecule has 1 aromatic heterocycles. The maximum Gasteiger partial charge on any atom is 0.0437 e. The molecule has 0 aliphatic carbocycles. The second-order valence-electron chi connectivity index (χ2n) is 5.38. The molecule has 3 rings (SSSR count). The van der Waals surface area contributed by atoms with E-state index in [0.717, 1.165) is 28.7 Å². The molecule has 19 heavy (non-hydrogen) atoms. The lowest BCUT2D eigenvalue weighted by molar-refractivity contribution is 0.635. The van der Waals surface area contributed by atoms with Crippen molar-refractivity contribution in [2.45, 2.75) is 24.5 Å². The summed E-state index contributed by atoms with van der Waals surface area (Å²) >= 11 is 2.07. The lowest BCUT2D eigenvalue weighted by Crippen LogP contribution is -2.27. The normalized spacial score (nSPS) is 22.8. The highest BCUT2D eigenvalue weighted by Gasteiger charge is 2.29. The van der Waals surface area contributed by atoms with Crippen molar-refractivity contribution < 1.29 is 0 Å². The summed E-state index contributed by atoms with van der Waals surface area (Å²) in [6.45, 7) is 3.33. The summed E-state index contributed by atoms with van der Waals surface area (Å²) in [6.07, 6.45) is 6.29. The van der Waals surface area contributed by atoms with Crippen LogP contribution in [0.15, 0.2) is 30.6 Å². The summed E-state index contributed by atoms with van der Waals surface area (Å²) in [4.78, 5) is 4.21. The Bertz CT molecular complexity index is 591. The van der Waals surface area contributed by atoms with Crippen LogP contribution in [0.3, 0.4) is 0 Å². The van der Waals surface area contributed by atoms with E-state index < -0.39 is 0 Å². The number of thioether (sulfide) groups is 1. The topological polar surface area (TPSA) is 50.9 Å². The van der Waals surface area contributed by atoms with Crippen LogP contribution in [-0.2, 0) is 0 Å². The number of fused-ring (bicyclic) bond motifs is 1. The number of aromatic nitrogens is 1. The molecule has 3 N–H and O–H groups in total.